The first-order valence-corrected chi connectivity index (χ1v) is 6.02. The van der Waals surface area contributed by atoms with E-state index in [0.29, 0.717) is 5.02 Å². The van der Waals surface area contributed by atoms with E-state index in [1.54, 1.807) is 6.07 Å². The van der Waals surface area contributed by atoms with E-state index in [1.165, 1.54) is 12.1 Å². The molecule has 0 fully saturated rings. The van der Waals surface area contributed by atoms with Crippen molar-refractivity contribution in [3.63, 3.8) is 0 Å². The molecule has 0 amide bonds. The summed E-state index contributed by atoms with van der Waals surface area (Å²) in [5.41, 5.74) is 0.815. The molecule has 0 aliphatic carbocycles. The maximum Gasteiger partial charge on any atom is 0.573 e. The Morgan fingerprint density at radius 2 is 2.00 bits per heavy atom. The lowest BCUT2D eigenvalue weighted by atomic mass is 10.1. The van der Waals surface area contributed by atoms with Gasteiger partial charge in [0.15, 0.2) is 0 Å². The number of benzene rings is 1. The zero-order chi connectivity index (χ0) is 12.2. The molecule has 1 aromatic rings. The molecule has 0 aliphatic rings. The van der Waals surface area contributed by atoms with E-state index < -0.39 is 6.36 Å². The second kappa shape index (κ2) is 5.77. The topological polar surface area (TPSA) is 9.23 Å². The molecule has 0 spiro atoms. The van der Waals surface area contributed by atoms with Crippen LogP contribution in [0.25, 0.3) is 0 Å². The summed E-state index contributed by atoms with van der Waals surface area (Å²) in [5, 5.41) is 1.12. The zero-order valence-corrected chi connectivity index (χ0v) is 10.5. The Bertz CT molecular complexity index is 354. The highest BCUT2D eigenvalue weighted by atomic mass is 79.9. The third-order valence-corrected chi connectivity index (χ3v) is 2.75. The smallest absolute Gasteiger partial charge is 0.406 e. The Morgan fingerprint density at radius 1 is 1.31 bits per heavy atom. The van der Waals surface area contributed by atoms with E-state index in [0.717, 1.165) is 23.7 Å². The van der Waals surface area contributed by atoms with Gasteiger partial charge in [0, 0.05) is 10.4 Å². The number of hydrogen-bond acceptors (Lipinski definition) is 1. The van der Waals surface area contributed by atoms with Crippen LogP contribution in [0.2, 0.25) is 5.02 Å². The summed E-state index contributed by atoms with van der Waals surface area (Å²) < 4.78 is 39.5. The quantitative estimate of drug-likeness (QED) is 0.739. The third-order valence-electron chi connectivity index (χ3n) is 1.84. The molecule has 1 nitrogen and oxygen atoms in total. The Labute approximate surface area is 105 Å². The molecular formula is C10H9BrClF3O. The Hall–Kier alpha value is -0.420. The van der Waals surface area contributed by atoms with Crippen LogP contribution in [0, 0.1) is 0 Å². The minimum Gasteiger partial charge on any atom is -0.406 e. The summed E-state index contributed by atoms with van der Waals surface area (Å²) in [6, 6.07) is 3.99. The Morgan fingerprint density at radius 3 is 2.50 bits per heavy atom. The highest BCUT2D eigenvalue weighted by Crippen LogP contribution is 2.28. The fraction of sp³-hybridized carbons (Fsp3) is 0.400. The molecule has 1 rings (SSSR count). The van der Waals surface area contributed by atoms with E-state index in [2.05, 4.69) is 20.7 Å². The number of ether oxygens (including phenoxy) is 1. The molecule has 90 valence electrons. The van der Waals surface area contributed by atoms with Crippen molar-refractivity contribution in [2.45, 2.75) is 19.2 Å². The van der Waals surface area contributed by atoms with Crippen LogP contribution in [0.1, 0.15) is 12.0 Å². The van der Waals surface area contributed by atoms with Crippen LogP contribution >= 0.6 is 27.5 Å². The molecule has 1 aromatic carbocycles. The van der Waals surface area contributed by atoms with Crippen molar-refractivity contribution in [3.8, 4) is 5.75 Å². The van der Waals surface area contributed by atoms with Gasteiger partial charge in [0.25, 0.3) is 0 Å². The van der Waals surface area contributed by atoms with Gasteiger partial charge in [-0.3, -0.25) is 0 Å². The van der Waals surface area contributed by atoms with Crippen LogP contribution in [0.15, 0.2) is 18.2 Å². The normalized spacial score (nSPS) is 11.6. The van der Waals surface area contributed by atoms with Crippen molar-refractivity contribution in [3.05, 3.63) is 28.8 Å². The van der Waals surface area contributed by atoms with Crippen LogP contribution in [-0.2, 0) is 6.42 Å². The molecule has 0 saturated heterocycles. The van der Waals surface area contributed by atoms with Crippen LogP contribution in [-0.4, -0.2) is 11.7 Å². The molecule has 0 N–H and O–H groups in total. The molecule has 0 bridgehead atoms. The monoisotopic (exact) mass is 316 g/mol. The van der Waals surface area contributed by atoms with Crippen LogP contribution in [0.3, 0.4) is 0 Å². The molecule has 0 unspecified atom stereocenters. The fourth-order valence-corrected chi connectivity index (χ4v) is 1.73. The molecule has 0 aliphatic heterocycles. The van der Waals surface area contributed by atoms with Crippen molar-refractivity contribution >= 4 is 27.5 Å². The highest BCUT2D eigenvalue weighted by Gasteiger charge is 2.31. The van der Waals surface area contributed by atoms with Gasteiger partial charge in [0.05, 0.1) is 0 Å². The van der Waals surface area contributed by atoms with E-state index >= 15 is 0 Å². The summed E-state index contributed by atoms with van der Waals surface area (Å²) in [6.45, 7) is 0. The Balaban J connectivity index is 2.74. The molecule has 0 radical (unpaired) electrons. The lowest BCUT2D eigenvalue weighted by Gasteiger charge is -2.10. The lowest BCUT2D eigenvalue weighted by molar-refractivity contribution is -0.274. The number of alkyl halides is 4. The van der Waals surface area contributed by atoms with E-state index in [9.17, 15) is 13.2 Å². The van der Waals surface area contributed by atoms with Gasteiger partial charge in [-0.15, -0.1) is 13.2 Å². The Kier molecular flexibility index (Phi) is 4.92. The summed E-state index contributed by atoms with van der Waals surface area (Å²) in [6.07, 6.45) is -3.09. The van der Waals surface area contributed by atoms with Gasteiger partial charge < -0.3 is 4.74 Å². The largest absolute Gasteiger partial charge is 0.573 e. The number of aryl methyl sites for hydroxylation is 1. The van der Waals surface area contributed by atoms with Gasteiger partial charge in [-0.1, -0.05) is 33.6 Å². The zero-order valence-electron chi connectivity index (χ0n) is 8.15. The van der Waals surface area contributed by atoms with Gasteiger partial charge in [-0.2, -0.15) is 0 Å². The van der Waals surface area contributed by atoms with Crippen molar-refractivity contribution in [1.82, 2.24) is 0 Å². The average molecular weight is 318 g/mol. The first-order valence-electron chi connectivity index (χ1n) is 4.52. The van der Waals surface area contributed by atoms with Crippen LogP contribution in [0.4, 0.5) is 13.2 Å². The predicted octanol–water partition coefficient (Wildman–Crippen LogP) is 4.57. The highest BCUT2D eigenvalue weighted by molar-refractivity contribution is 9.09. The first-order chi connectivity index (χ1) is 7.42. The van der Waals surface area contributed by atoms with Gasteiger partial charge in [0.2, 0.25) is 0 Å². The van der Waals surface area contributed by atoms with Crippen molar-refractivity contribution in [1.29, 1.82) is 0 Å². The first kappa shape index (κ1) is 13.6. The van der Waals surface area contributed by atoms with E-state index in [4.69, 9.17) is 11.6 Å². The number of hydrogen-bond donors (Lipinski definition) is 0. The summed E-state index contributed by atoms with van der Waals surface area (Å²) in [5.74, 6) is -0.292. The van der Waals surface area contributed by atoms with Crippen molar-refractivity contribution < 1.29 is 17.9 Å². The predicted molar refractivity (Wildman–Crippen MR) is 60.3 cm³/mol. The maximum atomic E-state index is 11.9. The van der Waals surface area contributed by atoms with Gasteiger partial charge in [-0.05, 0) is 30.5 Å². The minimum atomic E-state index is -4.68. The second-order valence-corrected chi connectivity index (χ2v) is 4.29. The SMILES string of the molecule is FC(F)(F)Oc1ccc(CCCBr)c(Cl)c1. The van der Waals surface area contributed by atoms with Crippen LogP contribution in [0.5, 0.6) is 5.75 Å². The summed E-state index contributed by atoms with van der Waals surface area (Å²) in [7, 11) is 0. The molecule has 0 atom stereocenters. The molecular weight excluding hydrogens is 308 g/mol. The van der Waals surface area contributed by atoms with Crippen molar-refractivity contribution in [2.75, 3.05) is 5.33 Å². The minimum absolute atomic E-state index is 0.292. The van der Waals surface area contributed by atoms with E-state index in [1.807, 2.05) is 0 Å². The van der Waals surface area contributed by atoms with Crippen LogP contribution < -0.4 is 4.74 Å². The molecule has 16 heavy (non-hydrogen) atoms. The number of halogens is 5. The van der Waals surface area contributed by atoms with Gasteiger partial charge >= 0.3 is 6.36 Å². The maximum absolute atomic E-state index is 11.9. The van der Waals surface area contributed by atoms with E-state index in [-0.39, 0.29) is 5.75 Å². The standard InChI is InChI=1S/C10H9BrClF3O/c11-5-1-2-7-3-4-8(6-9(7)12)16-10(13,14)15/h3-4,6H,1-2,5H2. The fourth-order valence-electron chi connectivity index (χ4n) is 1.19. The number of rotatable bonds is 4. The molecule has 0 heterocycles. The van der Waals surface area contributed by atoms with Gasteiger partial charge in [0.1, 0.15) is 5.75 Å². The molecule has 0 saturated carbocycles. The lowest BCUT2D eigenvalue weighted by Crippen LogP contribution is -2.17. The van der Waals surface area contributed by atoms with Gasteiger partial charge in [-0.25, -0.2) is 0 Å². The summed E-state index contributed by atoms with van der Waals surface area (Å²) >= 11 is 9.10. The summed E-state index contributed by atoms with van der Waals surface area (Å²) in [4.78, 5) is 0. The second-order valence-electron chi connectivity index (χ2n) is 3.09. The average Bonchev–Trinajstić information content (AvgIpc) is 2.14. The molecule has 6 heteroatoms. The third kappa shape index (κ3) is 4.61. The van der Waals surface area contributed by atoms with Crippen molar-refractivity contribution in [2.24, 2.45) is 0 Å². The molecule has 0 aromatic heterocycles.